The van der Waals surface area contributed by atoms with Gasteiger partial charge < -0.3 is 15.0 Å². The molecule has 0 aromatic heterocycles. The topological polar surface area (TPSA) is 79.0 Å². The second-order valence-electron chi connectivity index (χ2n) is 6.58. The molecular weight excluding hydrogens is 286 g/mol. The second kappa shape index (κ2) is 6.64. The van der Waals surface area contributed by atoms with Gasteiger partial charge in [0, 0.05) is 13.1 Å². The molecule has 1 unspecified atom stereocenters. The van der Waals surface area contributed by atoms with Crippen molar-refractivity contribution < 1.29 is 19.1 Å². The molecular formula is C15H25N3O4. The number of morpholine rings is 1. The number of imide groups is 1. The number of hydrogen-bond acceptors (Lipinski definition) is 4. The smallest absolute Gasteiger partial charge is 0.325 e. The monoisotopic (exact) mass is 311 g/mol. The lowest BCUT2D eigenvalue weighted by atomic mass is 9.92. The van der Waals surface area contributed by atoms with E-state index in [1.165, 1.54) is 0 Å². The van der Waals surface area contributed by atoms with E-state index in [0.717, 1.165) is 11.3 Å². The van der Waals surface area contributed by atoms with Crippen LogP contribution in [0.3, 0.4) is 0 Å². The van der Waals surface area contributed by atoms with E-state index in [0.29, 0.717) is 38.6 Å². The first-order valence-corrected chi connectivity index (χ1v) is 7.83. The van der Waals surface area contributed by atoms with Gasteiger partial charge in [-0.05, 0) is 25.7 Å². The third-order valence-corrected chi connectivity index (χ3v) is 4.22. The zero-order chi connectivity index (χ0) is 16.3. The van der Waals surface area contributed by atoms with Crippen LogP contribution in [0.4, 0.5) is 4.79 Å². The van der Waals surface area contributed by atoms with Crippen LogP contribution in [0, 0.1) is 5.92 Å². The molecule has 2 rings (SSSR count). The Morgan fingerprint density at radius 3 is 2.55 bits per heavy atom. The first-order chi connectivity index (χ1) is 10.3. The van der Waals surface area contributed by atoms with Crippen molar-refractivity contribution in [3.05, 3.63) is 0 Å². The van der Waals surface area contributed by atoms with Crippen molar-refractivity contribution in [1.29, 1.82) is 0 Å². The number of ether oxygens (including phenoxy) is 1. The van der Waals surface area contributed by atoms with Crippen LogP contribution in [0.1, 0.15) is 33.6 Å². The Hall–Kier alpha value is -1.63. The van der Waals surface area contributed by atoms with Gasteiger partial charge in [0.05, 0.1) is 13.2 Å². The Balaban J connectivity index is 1.97. The number of nitrogens with zero attached hydrogens (tertiary/aromatic N) is 2. The SMILES string of the molecule is CC(C)CCC1(C)NC(=O)N(CC(=O)N2CCOCC2)C1=O. The molecule has 7 nitrogen and oxygen atoms in total. The van der Waals surface area contributed by atoms with Gasteiger partial charge >= 0.3 is 6.03 Å². The second-order valence-corrected chi connectivity index (χ2v) is 6.58. The highest BCUT2D eigenvalue weighted by molar-refractivity contribution is 6.08. The molecule has 2 aliphatic heterocycles. The number of hydrogen-bond donors (Lipinski definition) is 1. The fourth-order valence-corrected chi connectivity index (χ4v) is 2.69. The minimum absolute atomic E-state index is 0.193. The summed E-state index contributed by atoms with van der Waals surface area (Å²) < 4.78 is 5.20. The molecule has 0 aromatic carbocycles. The predicted octanol–water partition coefficient (Wildman–Crippen LogP) is 0.592. The van der Waals surface area contributed by atoms with Crippen molar-refractivity contribution in [2.45, 2.75) is 39.2 Å². The van der Waals surface area contributed by atoms with Gasteiger partial charge in [-0.25, -0.2) is 4.79 Å². The van der Waals surface area contributed by atoms with Crippen molar-refractivity contribution in [3.8, 4) is 0 Å². The fraction of sp³-hybridized carbons (Fsp3) is 0.800. The first kappa shape index (κ1) is 16.7. The van der Waals surface area contributed by atoms with Crippen LogP contribution in [0.2, 0.25) is 0 Å². The molecule has 0 saturated carbocycles. The van der Waals surface area contributed by atoms with Crippen LogP contribution in [0.5, 0.6) is 0 Å². The summed E-state index contributed by atoms with van der Waals surface area (Å²) in [5, 5.41) is 2.74. The Bertz CT molecular complexity index is 460. The quantitative estimate of drug-likeness (QED) is 0.754. The Labute approximate surface area is 131 Å². The van der Waals surface area contributed by atoms with Crippen LogP contribution in [-0.2, 0) is 14.3 Å². The summed E-state index contributed by atoms with van der Waals surface area (Å²) in [6.45, 7) is 7.70. The highest BCUT2D eigenvalue weighted by atomic mass is 16.5. The van der Waals surface area contributed by atoms with Gasteiger partial charge in [0.25, 0.3) is 5.91 Å². The van der Waals surface area contributed by atoms with E-state index in [1.807, 2.05) is 0 Å². The maximum absolute atomic E-state index is 12.5. The number of carbonyl (C=O) groups is 3. The molecule has 0 radical (unpaired) electrons. The molecule has 124 valence electrons. The van der Waals surface area contributed by atoms with Crippen LogP contribution in [0.15, 0.2) is 0 Å². The Kier molecular flexibility index (Phi) is 5.05. The minimum Gasteiger partial charge on any atom is -0.378 e. The summed E-state index contributed by atoms with van der Waals surface area (Å²) in [4.78, 5) is 39.5. The lowest BCUT2D eigenvalue weighted by Gasteiger charge is -2.28. The third-order valence-electron chi connectivity index (χ3n) is 4.22. The normalized spacial score (nSPS) is 25.8. The van der Waals surface area contributed by atoms with E-state index < -0.39 is 11.6 Å². The van der Waals surface area contributed by atoms with Crippen LogP contribution in [0.25, 0.3) is 0 Å². The van der Waals surface area contributed by atoms with Crippen molar-refractivity contribution in [3.63, 3.8) is 0 Å². The van der Waals surface area contributed by atoms with Gasteiger partial charge in [-0.3, -0.25) is 14.5 Å². The average Bonchev–Trinajstić information content (AvgIpc) is 2.70. The summed E-state index contributed by atoms with van der Waals surface area (Å²) in [6.07, 6.45) is 1.42. The van der Waals surface area contributed by atoms with Crippen molar-refractivity contribution in [2.24, 2.45) is 5.92 Å². The zero-order valence-corrected chi connectivity index (χ0v) is 13.6. The molecule has 0 aromatic rings. The standard InChI is InChI=1S/C15H25N3O4/c1-11(2)4-5-15(3)13(20)18(14(21)16-15)10-12(19)17-6-8-22-9-7-17/h11H,4-10H2,1-3H3,(H,16,21). The number of amides is 4. The first-order valence-electron chi connectivity index (χ1n) is 7.83. The van der Waals surface area contributed by atoms with E-state index in [9.17, 15) is 14.4 Å². The maximum Gasteiger partial charge on any atom is 0.325 e. The largest absolute Gasteiger partial charge is 0.378 e. The molecule has 1 atom stereocenters. The highest BCUT2D eigenvalue weighted by Crippen LogP contribution is 2.24. The van der Waals surface area contributed by atoms with Crippen molar-refractivity contribution >= 4 is 17.8 Å². The number of urea groups is 1. The summed E-state index contributed by atoms with van der Waals surface area (Å²) in [7, 11) is 0. The van der Waals surface area contributed by atoms with Gasteiger partial charge in [-0.2, -0.15) is 0 Å². The maximum atomic E-state index is 12.5. The minimum atomic E-state index is -0.896. The van der Waals surface area contributed by atoms with Gasteiger partial charge in [0.2, 0.25) is 5.91 Å². The van der Waals surface area contributed by atoms with Crippen molar-refractivity contribution in [1.82, 2.24) is 15.1 Å². The van der Waals surface area contributed by atoms with E-state index in [-0.39, 0.29) is 18.4 Å². The van der Waals surface area contributed by atoms with Crippen molar-refractivity contribution in [2.75, 3.05) is 32.8 Å². The summed E-state index contributed by atoms with van der Waals surface area (Å²) in [5.41, 5.74) is -0.896. The molecule has 1 N–H and O–H groups in total. The van der Waals surface area contributed by atoms with E-state index in [4.69, 9.17) is 4.74 Å². The molecule has 0 bridgehead atoms. The van der Waals surface area contributed by atoms with E-state index >= 15 is 0 Å². The third kappa shape index (κ3) is 3.58. The van der Waals surface area contributed by atoms with Gasteiger partial charge in [0.15, 0.2) is 0 Å². The molecule has 2 saturated heterocycles. The molecule has 0 aliphatic carbocycles. The van der Waals surface area contributed by atoms with Gasteiger partial charge in [0.1, 0.15) is 12.1 Å². The summed E-state index contributed by atoms with van der Waals surface area (Å²) >= 11 is 0. The molecule has 0 spiro atoms. The lowest BCUT2D eigenvalue weighted by molar-refractivity contribution is -0.141. The van der Waals surface area contributed by atoms with Crippen LogP contribution in [-0.4, -0.2) is 66.0 Å². The van der Waals surface area contributed by atoms with Gasteiger partial charge in [-0.15, -0.1) is 0 Å². The molecule has 22 heavy (non-hydrogen) atoms. The van der Waals surface area contributed by atoms with Gasteiger partial charge in [-0.1, -0.05) is 13.8 Å². The zero-order valence-electron chi connectivity index (χ0n) is 13.6. The summed E-state index contributed by atoms with van der Waals surface area (Å²) in [6, 6.07) is -0.474. The fourth-order valence-electron chi connectivity index (χ4n) is 2.69. The molecule has 7 heteroatoms. The van der Waals surface area contributed by atoms with E-state index in [1.54, 1.807) is 11.8 Å². The van der Waals surface area contributed by atoms with Crippen LogP contribution < -0.4 is 5.32 Å². The van der Waals surface area contributed by atoms with E-state index in [2.05, 4.69) is 19.2 Å². The number of carbonyl (C=O) groups excluding carboxylic acids is 3. The number of rotatable bonds is 5. The Morgan fingerprint density at radius 2 is 1.95 bits per heavy atom. The average molecular weight is 311 g/mol. The Morgan fingerprint density at radius 1 is 1.32 bits per heavy atom. The van der Waals surface area contributed by atoms with Crippen LogP contribution >= 0.6 is 0 Å². The summed E-state index contributed by atoms with van der Waals surface area (Å²) in [5.74, 6) is -0.0646. The lowest BCUT2D eigenvalue weighted by Crippen LogP contribution is -2.48. The predicted molar refractivity (Wildman–Crippen MR) is 80.1 cm³/mol. The molecule has 2 fully saturated rings. The molecule has 4 amide bonds. The molecule has 2 heterocycles. The molecule has 2 aliphatic rings. The highest BCUT2D eigenvalue weighted by Gasteiger charge is 2.48. The number of nitrogens with one attached hydrogen (secondary N) is 1.